The molecule has 3 heteroatoms. The highest BCUT2D eigenvalue weighted by atomic mass is 16.5. The van der Waals surface area contributed by atoms with Gasteiger partial charge in [0, 0.05) is 12.6 Å². The van der Waals surface area contributed by atoms with E-state index in [-0.39, 0.29) is 0 Å². The van der Waals surface area contributed by atoms with Crippen molar-refractivity contribution >= 4 is 0 Å². The monoisotopic (exact) mass is 242 g/mol. The van der Waals surface area contributed by atoms with E-state index in [1.165, 1.54) is 45.1 Å². The standard InChI is InChI=1S/C14H30N2O/c1-4-7-14-12-13(8-11-17-14)15-9-5-6-10-16(2)3/h13-15H,4-12H2,1-3H3. The Kier molecular flexibility index (Phi) is 7.82. The topological polar surface area (TPSA) is 24.5 Å². The smallest absolute Gasteiger partial charge is 0.0589 e. The molecule has 1 aliphatic rings. The van der Waals surface area contributed by atoms with Crippen LogP contribution in [0.25, 0.3) is 0 Å². The van der Waals surface area contributed by atoms with Crippen LogP contribution in [0.3, 0.4) is 0 Å². The van der Waals surface area contributed by atoms with Gasteiger partial charge in [-0.05, 0) is 59.3 Å². The fourth-order valence-corrected chi connectivity index (χ4v) is 2.45. The first-order valence-corrected chi connectivity index (χ1v) is 7.22. The van der Waals surface area contributed by atoms with Crippen molar-refractivity contribution in [2.24, 2.45) is 0 Å². The van der Waals surface area contributed by atoms with Gasteiger partial charge >= 0.3 is 0 Å². The molecule has 1 aliphatic heterocycles. The molecule has 0 amide bonds. The zero-order valence-electron chi connectivity index (χ0n) is 11.9. The summed E-state index contributed by atoms with van der Waals surface area (Å²) < 4.78 is 5.76. The van der Waals surface area contributed by atoms with Crippen LogP contribution < -0.4 is 5.32 Å². The van der Waals surface area contributed by atoms with E-state index in [0.717, 1.165) is 13.2 Å². The molecule has 1 heterocycles. The Hall–Kier alpha value is -0.120. The Balaban J connectivity index is 2.02. The van der Waals surface area contributed by atoms with Crippen molar-refractivity contribution in [1.29, 1.82) is 0 Å². The Morgan fingerprint density at radius 3 is 2.82 bits per heavy atom. The van der Waals surface area contributed by atoms with Gasteiger partial charge in [0.25, 0.3) is 0 Å². The fraction of sp³-hybridized carbons (Fsp3) is 1.00. The molecule has 0 aromatic carbocycles. The van der Waals surface area contributed by atoms with E-state index in [4.69, 9.17) is 4.74 Å². The molecular formula is C14H30N2O. The zero-order valence-corrected chi connectivity index (χ0v) is 11.9. The van der Waals surface area contributed by atoms with Crippen LogP contribution in [0.15, 0.2) is 0 Å². The summed E-state index contributed by atoms with van der Waals surface area (Å²) in [6.07, 6.45) is 7.94. The van der Waals surface area contributed by atoms with Gasteiger partial charge in [0.2, 0.25) is 0 Å². The van der Waals surface area contributed by atoms with Gasteiger partial charge in [0.15, 0.2) is 0 Å². The molecule has 1 saturated heterocycles. The third-order valence-corrected chi connectivity index (χ3v) is 3.44. The Morgan fingerprint density at radius 2 is 2.12 bits per heavy atom. The van der Waals surface area contributed by atoms with Gasteiger partial charge in [0.1, 0.15) is 0 Å². The van der Waals surface area contributed by atoms with Gasteiger partial charge in [-0.25, -0.2) is 0 Å². The largest absolute Gasteiger partial charge is 0.378 e. The van der Waals surface area contributed by atoms with Gasteiger partial charge in [-0.2, -0.15) is 0 Å². The minimum absolute atomic E-state index is 0.507. The molecular weight excluding hydrogens is 212 g/mol. The number of unbranched alkanes of at least 4 members (excludes halogenated alkanes) is 1. The molecule has 3 nitrogen and oxygen atoms in total. The van der Waals surface area contributed by atoms with Crippen LogP contribution in [0, 0.1) is 0 Å². The number of ether oxygens (including phenoxy) is 1. The lowest BCUT2D eigenvalue weighted by Crippen LogP contribution is -2.39. The van der Waals surface area contributed by atoms with Crippen molar-refractivity contribution in [3.05, 3.63) is 0 Å². The second-order valence-corrected chi connectivity index (χ2v) is 5.47. The zero-order chi connectivity index (χ0) is 12.5. The summed E-state index contributed by atoms with van der Waals surface area (Å²) in [5.74, 6) is 0. The molecule has 102 valence electrons. The molecule has 2 atom stereocenters. The summed E-state index contributed by atoms with van der Waals surface area (Å²) in [6, 6.07) is 0.694. The first-order valence-electron chi connectivity index (χ1n) is 7.22. The summed E-state index contributed by atoms with van der Waals surface area (Å²) in [7, 11) is 4.28. The molecule has 0 spiro atoms. The summed E-state index contributed by atoms with van der Waals surface area (Å²) in [5.41, 5.74) is 0. The lowest BCUT2D eigenvalue weighted by atomic mass is 10.00. The maximum atomic E-state index is 5.76. The summed E-state index contributed by atoms with van der Waals surface area (Å²) in [4.78, 5) is 2.26. The second-order valence-electron chi connectivity index (χ2n) is 5.47. The molecule has 0 bridgehead atoms. The number of nitrogens with zero attached hydrogens (tertiary/aromatic N) is 1. The lowest BCUT2D eigenvalue weighted by Gasteiger charge is -2.30. The van der Waals surface area contributed by atoms with Crippen LogP contribution in [0.2, 0.25) is 0 Å². The van der Waals surface area contributed by atoms with Crippen LogP contribution in [0.4, 0.5) is 0 Å². The summed E-state index contributed by atoms with van der Waals surface area (Å²) >= 11 is 0. The number of hydrogen-bond acceptors (Lipinski definition) is 3. The molecule has 1 fully saturated rings. The summed E-state index contributed by atoms with van der Waals surface area (Å²) in [6.45, 7) is 5.55. The minimum Gasteiger partial charge on any atom is -0.378 e. The van der Waals surface area contributed by atoms with E-state index < -0.39 is 0 Å². The molecule has 0 aliphatic carbocycles. The number of nitrogens with one attached hydrogen (secondary N) is 1. The number of hydrogen-bond donors (Lipinski definition) is 1. The van der Waals surface area contributed by atoms with Gasteiger partial charge in [-0.3, -0.25) is 0 Å². The van der Waals surface area contributed by atoms with Crippen molar-refractivity contribution in [2.45, 2.75) is 57.6 Å². The van der Waals surface area contributed by atoms with Gasteiger partial charge in [0.05, 0.1) is 6.10 Å². The molecule has 1 N–H and O–H groups in total. The fourth-order valence-electron chi connectivity index (χ4n) is 2.45. The average molecular weight is 242 g/mol. The quantitative estimate of drug-likeness (QED) is 0.661. The third kappa shape index (κ3) is 7.02. The van der Waals surface area contributed by atoms with Crippen LogP contribution in [-0.4, -0.2) is 50.8 Å². The van der Waals surface area contributed by atoms with Crippen molar-refractivity contribution in [3.63, 3.8) is 0 Å². The maximum Gasteiger partial charge on any atom is 0.0589 e. The van der Waals surface area contributed by atoms with E-state index in [1.807, 2.05) is 0 Å². The second kappa shape index (κ2) is 8.90. The molecule has 1 rings (SSSR count). The normalized spacial score (nSPS) is 25.4. The highest BCUT2D eigenvalue weighted by molar-refractivity contribution is 4.76. The summed E-state index contributed by atoms with van der Waals surface area (Å²) in [5, 5.41) is 3.69. The lowest BCUT2D eigenvalue weighted by molar-refractivity contribution is -0.00312. The molecule has 0 saturated carbocycles. The van der Waals surface area contributed by atoms with E-state index in [1.54, 1.807) is 0 Å². The SMILES string of the molecule is CCCC1CC(NCCCCN(C)C)CCO1. The molecule has 2 unspecified atom stereocenters. The third-order valence-electron chi connectivity index (χ3n) is 3.44. The predicted octanol–water partition coefficient (Wildman–Crippen LogP) is 2.27. The van der Waals surface area contributed by atoms with Crippen LogP contribution >= 0.6 is 0 Å². The van der Waals surface area contributed by atoms with Crippen molar-refractivity contribution in [3.8, 4) is 0 Å². The number of rotatable bonds is 8. The van der Waals surface area contributed by atoms with Crippen LogP contribution in [0.5, 0.6) is 0 Å². The van der Waals surface area contributed by atoms with Crippen molar-refractivity contribution < 1.29 is 4.74 Å². The molecule has 0 aromatic rings. The molecule has 17 heavy (non-hydrogen) atoms. The molecule has 0 aromatic heterocycles. The first kappa shape index (κ1) is 14.9. The van der Waals surface area contributed by atoms with E-state index >= 15 is 0 Å². The maximum absolute atomic E-state index is 5.76. The van der Waals surface area contributed by atoms with E-state index in [9.17, 15) is 0 Å². The van der Waals surface area contributed by atoms with Crippen molar-refractivity contribution in [2.75, 3.05) is 33.8 Å². The van der Waals surface area contributed by atoms with Gasteiger partial charge in [-0.15, -0.1) is 0 Å². The highest BCUT2D eigenvalue weighted by Gasteiger charge is 2.20. The van der Waals surface area contributed by atoms with Crippen molar-refractivity contribution in [1.82, 2.24) is 10.2 Å². The van der Waals surface area contributed by atoms with Crippen LogP contribution in [-0.2, 0) is 4.74 Å². The Labute approximate surface area is 107 Å². The van der Waals surface area contributed by atoms with Gasteiger partial charge < -0.3 is 15.0 Å². The Morgan fingerprint density at radius 1 is 1.29 bits per heavy atom. The highest BCUT2D eigenvalue weighted by Crippen LogP contribution is 2.17. The van der Waals surface area contributed by atoms with E-state index in [2.05, 4.69) is 31.2 Å². The minimum atomic E-state index is 0.507. The average Bonchev–Trinajstić information content (AvgIpc) is 2.29. The first-order chi connectivity index (χ1) is 8.22. The van der Waals surface area contributed by atoms with Gasteiger partial charge in [-0.1, -0.05) is 13.3 Å². The molecule has 0 radical (unpaired) electrons. The van der Waals surface area contributed by atoms with E-state index in [0.29, 0.717) is 12.1 Å². The van der Waals surface area contributed by atoms with Crippen LogP contribution in [0.1, 0.15) is 45.4 Å². The predicted molar refractivity (Wildman–Crippen MR) is 73.5 cm³/mol. The Bertz CT molecular complexity index is 183.